The first-order valence-electron chi connectivity index (χ1n) is 6.64. The molecule has 1 heterocycles. The first-order valence-corrected chi connectivity index (χ1v) is 6.64. The van der Waals surface area contributed by atoms with Crippen LogP contribution in [0.1, 0.15) is 32.6 Å². The van der Waals surface area contributed by atoms with E-state index < -0.39 is 0 Å². The van der Waals surface area contributed by atoms with Gasteiger partial charge < -0.3 is 9.64 Å². The molecule has 1 saturated carbocycles. The van der Waals surface area contributed by atoms with Crippen LogP contribution in [0.15, 0.2) is 0 Å². The second kappa shape index (κ2) is 5.36. The standard InChI is InChI=1S/C13H24N2O2/c1-10-6-7-15(11-4-5-11)12(9-14(10)2)8-13(16)17-3/h10-12H,4-9H2,1-3H3. The van der Waals surface area contributed by atoms with Crippen LogP contribution in [0.3, 0.4) is 0 Å². The lowest BCUT2D eigenvalue weighted by Crippen LogP contribution is -2.43. The minimum Gasteiger partial charge on any atom is -0.469 e. The molecule has 2 unspecified atom stereocenters. The summed E-state index contributed by atoms with van der Waals surface area (Å²) in [7, 11) is 3.64. The molecule has 0 spiro atoms. The Morgan fingerprint density at radius 1 is 1.35 bits per heavy atom. The lowest BCUT2D eigenvalue weighted by Gasteiger charge is -2.30. The van der Waals surface area contributed by atoms with Crippen LogP contribution in [-0.2, 0) is 9.53 Å². The maximum absolute atomic E-state index is 11.5. The summed E-state index contributed by atoms with van der Waals surface area (Å²) in [5, 5.41) is 0. The molecule has 0 N–H and O–H groups in total. The lowest BCUT2D eigenvalue weighted by molar-refractivity contribution is -0.142. The predicted octanol–water partition coefficient (Wildman–Crippen LogP) is 1.11. The van der Waals surface area contributed by atoms with E-state index in [4.69, 9.17) is 4.74 Å². The average Bonchev–Trinajstić information content (AvgIpc) is 3.11. The van der Waals surface area contributed by atoms with Crippen molar-refractivity contribution in [3.63, 3.8) is 0 Å². The molecule has 0 bridgehead atoms. The van der Waals surface area contributed by atoms with Crippen LogP contribution in [0.5, 0.6) is 0 Å². The molecule has 2 fully saturated rings. The molecule has 2 rings (SSSR count). The summed E-state index contributed by atoms with van der Waals surface area (Å²) in [6, 6.07) is 1.67. The van der Waals surface area contributed by atoms with E-state index in [1.54, 1.807) is 0 Å². The van der Waals surface area contributed by atoms with Gasteiger partial charge in [-0.2, -0.15) is 0 Å². The van der Waals surface area contributed by atoms with Crippen LogP contribution in [0.2, 0.25) is 0 Å². The number of hydrogen-bond acceptors (Lipinski definition) is 4. The van der Waals surface area contributed by atoms with Crippen LogP contribution in [0.4, 0.5) is 0 Å². The highest BCUT2D eigenvalue weighted by Gasteiger charge is 2.37. The highest BCUT2D eigenvalue weighted by Crippen LogP contribution is 2.31. The van der Waals surface area contributed by atoms with E-state index in [2.05, 4.69) is 23.8 Å². The first kappa shape index (κ1) is 12.8. The van der Waals surface area contributed by atoms with Crippen molar-refractivity contribution in [2.45, 2.75) is 50.7 Å². The van der Waals surface area contributed by atoms with Crippen molar-refractivity contribution in [3.05, 3.63) is 0 Å². The first-order chi connectivity index (χ1) is 8.11. The zero-order chi connectivity index (χ0) is 12.4. The van der Waals surface area contributed by atoms with Gasteiger partial charge >= 0.3 is 5.97 Å². The summed E-state index contributed by atoms with van der Waals surface area (Å²) < 4.78 is 4.82. The van der Waals surface area contributed by atoms with Gasteiger partial charge in [0, 0.05) is 31.2 Å². The summed E-state index contributed by atoms with van der Waals surface area (Å²) in [4.78, 5) is 16.4. The van der Waals surface area contributed by atoms with E-state index in [9.17, 15) is 4.79 Å². The number of hydrogen-bond donors (Lipinski definition) is 0. The minimum absolute atomic E-state index is 0.0800. The molecule has 2 aliphatic rings. The Hall–Kier alpha value is -0.610. The van der Waals surface area contributed by atoms with E-state index in [1.807, 2.05) is 0 Å². The number of ether oxygens (including phenoxy) is 1. The molecule has 0 radical (unpaired) electrons. The fraction of sp³-hybridized carbons (Fsp3) is 0.923. The molecule has 0 aromatic heterocycles. The molecular weight excluding hydrogens is 216 g/mol. The molecule has 1 saturated heterocycles. The number of rotatable bonds is 3. The van der Waals surface area contributed by atoms with Crippen LogP contribution < -0.4 is 0 Å². The lowest BCUT2D eigenvalue weighted by atomic mass is 10.1. The van der Waals surface area contributed by atoms with Gasteiger partial charge in [0.1, 0.15) is 0 Å². The van der Waals surface area contributed by atoms with Gasteiger partial charge in [-0.15, -0.1) is 0 Å². The molecule has 0 amide bonds. The Bertz CT molecular complexity index is 279. The number of nitrogens with zero attached hydrogens (tertiary/aromatic N) is 2. The molecular formula is C13H24N2O2. The van der Waals surface area contributed by atoms with Crippen LogP contribution in [-0.4, -0.2) is 61.1 Å². The normalized spacial score (nSPS) is 32.2. The second-order valence-electron chi connectivity index (χ2n) is 5.48. The van der Waals surface area contributed by atoms with E-state index in [-0.39, 0.29) is 5.97 Å². The van der Waals surface area contributed by atoms with Gasteiger partial charge in [0.05, 0.1) is 13.5 Å². The zero-order valence-electron chi connectivity index (χ0n) is 11.2. The van der Waals surface area contributed by atoms with E-state index in [0.29, 0.717) is 18.5 Å². The minimum atomic E-state index is -0.0800. The van der Waals surface area contributed by atoms with Crippen molar-refractivity contribution < 1.29 is 9.53 Å². The van der Waals surface area contributed by atoms with Crippen LogP contribution >= 0.6 is 0 Å². The van der Waals surface area contributed by atoms with Gasteiger partial charge in [0.2, 0.25) is 0 Å². The number of methoxy groups -OCH3 is 1. The Morgan fingerprint density at radius 2 is 2.06 bits per heavy atom. The Labute approximate surface area is 104 Å². The number of likely N-dealkylation sites (N-methyl/N-ethyl adjacent to an activating group) is 1. The van der Waals surface area contributed by atoms with Crippen molar-refractivity contribution in [1.29, 1.82) is 0 Å². The van der Waals surface area contributed by atoms with Gasteiger partial charge in [-0.25, -0.2) is 0 Å². The summed E-state index contributed by atoms with van der Waals surface area (Å²) in [6.45, 7) is 4.37. The molecule has 2 atom stereocenters. The summed E-state index contributed by atoms with van der Waals surface area (Å²) in [6.07, 6.45) is 4.33. The maximum atomic E-state index is 11.5. The van der Waals surface area contributed by atoms with Gasteiger partial charge in [-0.05, 0) is 33.2 Å². The Kier molecular flexibility index (Phi) is 4.05. The summed E-state index contributed by atoms with van der Waals surface area (Å²) in [5.74, 6) is -0.0800. The maximum Gasteiger partial charge on any atom is 0.307 e. The average molecular weight is 240 g/mol. The Morgan fingerprint density at radius 3 is 2.65 bits per heavy atom. The summed E-state index contributed by atoms with van der Waals surface area (Å²) >= 11 is 0. The molecule has 0 aromatic rings. The highest BCUT2D eigenvalue weighted by atomic mass is 16.5. The van der Waals surface area contributed by atoms with Crippen molar-refractivity contribution in [2.24, 2.45) is 0 Å². The van der Waals surface area contributed by atoms with E-state index >= 15 is 0 Å². The molecule has 98 valence electrons. The van der Waals surface area contributed by atoms with Crippen molar-refractivity contribution in [2.75, 3.05) is 27.2 Å². The van der Waals surface area contributed by atoms with Gasteiger partial charge in [0.25, 0.3) is 0 Å². The molecule has 1 aliphatic carbocycles. The largest absolute Gasteiger partial charge is 0.469 e. The fourth-order valence-corrected chi connectivity index (χ4v) is 2.70. The fourth-order valence-electron chi connectivity index (χ4n) is 2.70. The summed E-state index contributed by atoms with van der Waals surface area (Å²) in [5.41, 5.74) is 0. The van der Waals surface area contributed by atoms with Gasteiger partial charge in [-0.1, -0.05) is 0 Å². The second-order valence-corrected chi connectivity index (χ2v) is 5.48. The van der Waals surface area contributed by atoms with Crippen molar-refractivity contribution in [3.8, 4) is 0 Å². The number of carbonyl (C=O) groups is 1. The third-order valence-corrected chi connectivity index (χ3v) is 4.17. The SMILES string of the molecule is COC(=O)CC1CN(C)C(C)CCN1C1CC1. The highest BCUT2D eigenvalue weighted by molar-refractivity contribution is 5.70. The molecule has 4 heteroatoms. The smallest absolute Gasteiger partial charge is 0.307 e. The monoisotopic (exact) mass is 240 g/mol. The number of esters is 1. The van der Waals surface area contributed by atoms with E-state index in [0.717, 1.165) is 19.1 Å². The molecule has 1 aliphatic heterocycles. The molecule has 0 aromatic carbocycles. The van der Waals surface area contributed by atoms with Gasteiger partial charge in [0.15, 0.2) is 0 Å². The topological polar surface area (TPSA) is 32.8 Å². The van der Waals surface area contributed by atoms with Crippen molar-refractivity contribution >= 4 is 5.97 Å². The van der Waals surface area contributed by atoms with E-state index in [1.165, 1.54) is 26.4 Å². The van der Waals surface area contributed by atoms with Crippen LogP contribution in [0.25, 0.3) is 0 Å². The molecule has 17 heavy (non-hydrogen) atoms. The molecule has 4 nitrogen and oxygen atoms in total. The zero-order valence-corrected chi connectivity index (χ0v) is 11.2. The predicted molar refractivity (Wildman–Crippen MR) is 66.9 cm³/mol. The number of carbonyl (C=O) groups excluding carboxylic acids is 1. The third-order valence-electron chi connectivity index (χ3n) is 4.17. The third kappa shape index (κ3) is 3.19. The quantitative estimate of drug-likeness (QED) is 0.692. The van der Waals surface area contributed by atoms with Crippen molar-refractivity contribution in [1.82, 2.24) is 9.80 Å². The Balaban J connectivity index is 2.02. The van der Waals surface area contributed by atoms with Gasteiger partial charge in [-0.3, -0.25) is 9.69 Å². The van der Waals surface area contributed by atoms with Crippen LogP contribution in [0, 0.1) is 0 Å².